The molecule has 1 aromatic rings. The minimum atomic E-state index is -0.923. The fourth-order valence-electron chi connectivity index (χ4n) is 2.74. The molecule has 140 valence electrons. The summed E-state index contributed by atoms with van der Waals surface area (Å²) in [7, 11) is 0. The molecule has 0 unspecified atom stereocenters. The summed E-state index contributed by atoms with van der Waals surface area (Å²) >= 11 is 0. The SMILES string of the molecule is Cc1cc(/C=C(\C#N)C(=O)O[C@H](C)C(=O)NC2CC2)c(C)n1CC(C)C. The lowest BCUT2D eigenvalue weighted by Crippen LogP contribution is -2.37. The molecule has 26 heavy (non-hydrogen) atoms. The van der Waals surface area contributed by atoms with E-state index in [-0.39, 0.29) is 17.5 Å². The van der Waals surface area contributed by atoms with Gasteiger partial charge in [-0.1, -0.05) is 13.8 Å². The Morgan fingerprint density at radius 2 is 2.04 bits per heavy atom. The van der Waals surface area contributed by atoms with Gasteiger partial charge < -0.3 is 14.6 Å². The maximum absolute atomic E-state index is 12.3. The molecule has 1 saturated carbocycles. The summed E-state index contributed by atoms with van der Waals surface area (Å²) in [6, 6.07) is 4.04. The quantitative estimate of drug-likeness (QED) is 0.462. The van der Waals surface area contributed by atoms with Gasteiger partial charge in [-0.25, -0.2) is 4.79 Å². The molecule has 6 nitrogen and oxygen atoms in total. The van der Waals surface area contributed by atoms with Crippen LogP contribution < -0.4 is 5.32 Å². The van der Waals surface area contributed by atoms with E-state index in [0.29, 0.717) is 5.92 Å². The number of carbonyl (C=O) groups is 2. The van der Waals surface area contributed by atoms with Crippen LogP contribution in [0.5, 0.6) is 0 Å². The van der Waals surface area contributed by atoms with Crippen molar-refractivity contribution < 1.29 is 14.3 Å². The number of rotatable bonds is 7. The van der Waals surface area contributed by atoms with Crippen molar-refractivity contribution in [1.82, 2.24) is 9.88 Å². The summed E-state index contributed by atoms with van der Waals surface area (Å²) in [6.45, 7) is 10.6. The van der Waals surface area contributed by atoms with Crippen molar-refractivity contribution in [1.29, 1.82) is 5.26 Å². The fourth-order valence-corrected chi connectivity index (χ4v) is 2.74. The van der Waals surface area contributed by atoms with Crippen molar-refractivity contribution in [2.24, 2.45) is 5.92 Å². The number of carbonyl (C=O) groups excluding carboxylic acids is 2. The number of hydrogen-bond acceptors (Lipinski definition) is 4. The smallest absolute Gasteiger partial charge is 0.349 e. The molecule has 1 atom stereocenters. The molecule has 0 aromatic carbocycles. The van der Waals surface area contributed by atoms with Crippen molar-refractivity contribution in [3.05, 3.63) is 28.6 Å². The van der Waals surface area contributed by atoms with Gasteiger partial charge in [0.2, 0.25) is 0 Å². The minimum Gasteiger partial charge on any atom is -0.448 e. The van der Waals surface area contributed by atoms with E-state index in [4.69, 9.17) is 4.74 Å². The van der Waals surface area contributed by atoms with Crippen molar-refractivity contribution >= 4 is 18.0 Å². The van der Waals surface area contributed by atoms with E-state index >= 15 is 0 Å². The Hall–Kier alpha value is -2.55. The van der Waals surface area contributed by atoms with E-state index in [1.165, 1.54) is 13.0 Å². The van der Waals surface area contributed by atoms with E-state index in [9.17, 15) is 14.9 Å². The molecule has 1 fully saturated rings. The van der Waals surface area contributed by atoms with Crippen LogP contribution in [-0.4, -0.2) is 28.6 Å². The van der Waals surface area contributed by atoms with Crippen LogP contribution in [0.2, 0.25) is 0 Å². The highest BCUT2D eigenvalue weighted by molar-refractivity contribution is 5.99. The lowest BCUT2D eigenvalue weighted by Gasteiger charge is -2.13. The van der Waals surface area contributed by atoms with Crippen LogP contribution in [0.15, 0.2) is 11.6 Å². The summed E-state index contributed by atoms with van der Waals surface area (Å²) < 4.78 is 7.33. The molecule has 6 heteroatoms. The van der Waals surface area contributed by atoms with Crippen molar-refractivity contribution in [3.63, 3.8) is 0 Å². The molecule has 0 spiro atoms. The number of nitrogens with one attached hydrogen (secondary N) is 1. The molecule has 0 radical (unpaired) electrons. The second-order valence-corrected chi connectivity index (χ2v) is 7.33. The van der Waals surface area contributed by atoms with Gasteiger partial charge in [-0.2, -0.15) is 5.26 Å². The molecule has 0 aliphatic heterocycles. The molecule has 0 bridgehead atoms. The number of amides is 1. The first kappa shape index (κ1) is 19.8. The normalized spacial score (nSPS) is 15.5. The highest BCUT2D eigenvalue weighted by Gasteiger charge is 2.28. The van der Waals surface area contributed by atoms with Gasteiger partial charge in [0.05, 0.1) is 0 Å². The Morgan fingerprint density at radius 1 is 1.38 bits per heavy atom. The number of aryl methyl sites for hydroxylation is 1. The van der Waals surface area contributed by atoms with Crippen LogP contribution in [0.25, 0.3) is 6.08 Å². The molecule has 1 amide bonds. The maximum atomic E-state index is 12.3. The van der Waals surface area contributed by atoms with Crippen molar-refractivity contribution in [3.8, 4) is 6.07 Å². The standard InChI is InChI=1S/C20H27N3O3/c1-12(2)11-23-13(3)8-16(14(23)4)9-17(10-21)20(25)26-15(5)19(24)22-18-6-7-18/h8-9,12,15,18H,6-7,11H2,1-5H3,(H,22,24)/b17-9+/t15-/m1/s1. The third-order valence-electron chi connectivity index (χ3n) is 4.38. The Labute approximate surface area is 154 Å². The van der Waals surface area contributed by atoms with Crippen molar-refractivity contribution in [2.45, 2.75) is 66.2 Å². The molecule has 0 saturated heterocycles. The minimum absolute atomic E-state index is 0.110. The summed E-state index contributed by atoms with van der Waals surface area (Å²) in [6.07, 6.45) is 2.53. The topological polar surface area (TPSA) is 84.1 Å². The van der Waals surface area contributed by atoms with Crippen LogP contribution in [0.1, 0.15) is 50.6 Å². The summed E-state index contributed by atoms with van der Waals surface area (Å²) in [5.41, 5.74) is 2.77. The van der Waals surface area contributed by atoms with Gasteiger partial charge in [0.15, 0.2) is 6.10 Å². The first-order chi connectivity index (χ1) is 12.2. The Kier molecular flexibility index (Phi) is 6.25. The van der Waals surface area contributed by atoms with Crippen LogP contribution >= 0.6 is 0 Å². The van der Waals surface area contributed by atoms with Gasteiger partial charge >= 0.3 is 5.97 Å². The molecule has 1 aliphatic rings. The molecule has 1 aliphatic carbocycles. The van der Waals surface area contributed by atoms with Gasteiger partial charge in [0, 0.05) is 24.0 Å². The van der Waals surface area contributed by atoms with Gasteiger partial charge in [-0.15, -0.1) is 0 Å². The van der Waals surface area contributed by atoms with E-state index in [0.717, 1.165) is 36.3 Å². The largest absolute Gasteiger partial charge is 0.448 e. The Morgan fingerprint density at radius 3 is 2.58 bits per heavy atom. The molecule has 1 N–H and O–H groups in total. The van der Waals surface area contributed by atoms with E-state index < -0.39 is 12.1 Å². The average molecular weight is 357 g/mol. The molecule has 2 rings (SSSR count). The van der Waals surface area contributed by atoms with Crippen LogP contribution in [-0.2, 0) is 20.9 Å². The Bertz CT molecular complexity index is 764. The molecule has 1 heterocycles. The summed E-state index contributed by atoms with van der Waals surface area (Å²) in [5, 5.41) is 12.1. The highest BCUT2D eigenvalue weighted by atomic mass is 16.5. The maximum Gasteiger partial charge on any atom is 0.349 e. The number of esters is 1. The molecular weight excluding hydrogens is 330 g/mol. The fraction of sp³-hybridized carbons (Fsp3) is 0.550. The molecular formula is C20H27N3O3. The first-order valence-corrected chi connectivity index (χ1v) is 9.02. The van der Waals surface area contributed by atoms with Gasteiger partial charge in [-0.05, 0) is 57.2 Å². The van der Waals surface area contributed by atoms with Crippen LogP contribution in [0.4, 0.5) is 0 Å². The third kappa shape index (κ3) is 4.98. The zero-order valence-corrected chi connectivity index (χ0v) is 16.1. The van der Waals surface area contributed by atoms with E-state index in [1.54, 1.807) is 0 Å². The zero-order valence-electron chi connectivity index (χ0n) is 16.1. The number of ether oxygens (including phenoxy) is 1. The van der Waals surface area contributed by atoms with Crippen LogP contribution in [0, 0.1) is 31.1 Å². The summed E-state index contributed by atoms with van der Waals surface area (Å²) in [5.74, 6) is -0.615. The van der Waals surface area contributed by atoms with Crippen LogP contribution in [0.3, 0.4) is 0 Å². The Balaban J connectivity index is 2.12. The van der Waals surface area contributed by atoms with Gasteiger partial charge in [0.1, 0.15) is 11.6 Å². The van der Waals surface area contributed by atoms with Gasteiger partial charge in [0.25, 0.3) is 5.91 Å². The average Bonchev–Trinajstić information content (AvgIpc) is 3.34. The number of hydrogen-bond donors (Lipinski definition) is 1. The second-order valence-electron chi connectivity index (χ2n) is 7.33. The zero-order chi connectivity index (χ0) is 19.4. The van der Waals surface area contributed by atoms with E-state index in [2.05, 4.69) is 23.7 Å². The highest BCUT2D eigenvalue weighted by Crippen LogP contribution is 2.21. The number of nitrogens with zero attached hydrogens (tertiary/aromatic N) is 2. The monoisotopic (exact) mass is 357 g/mol. The number of aromatic nitrogens is 1. The van der Waals surface area contributed by atoms with Crippen molar-refractivity contribution in [2.75, 3.05) is 0 Å². The summed E-state index contributed by atoms with van der Waals surface area (Å²) in [4.78, 5) is 24.2. The predicted molar refractivity (Wildman–Crippen MR) is 99.1 cm³/mol. The van der Waals surface area contributed by atoms with E-state index in [1.807, 2.05) is 26.0 Å². The first-order valence-electron chi connectivity index (χ1n) is 9.02. The van der Waals surface area contributed by atoms with Gasteiger partial charge in [-0.3, -0.25) is 4.79 Å². The third-order valence-corrected chi connectivity index (χ3v) is 4.38. The lowest BCUT2D eigenvalue weighted by atomic mass is 10.1. The second kappa shape index (κ2) is 8.22. The predicted octanol–water partition coefficient (Wildman–Crippen LogP) is 2.88. The lowest BCUT2D eigenvalue weighted by molar-refractivity contribution is -0.150. The number of nitriles is 1. The molecule has 1 aromatic heterocycles.